The van der Waals surface area contributed by atoms with Crippen LogP contribution in [0.15, 0.2) is 24.8 Å². The number of nitrogen functional groups attached to an aromatic ring is 1. The molecule has 0 atom stereocenters. The Labute approximate surface area is 106 Å². The predicted molar refractivity (Wildman–Crippen MR) is 70.9 cm³/mol. The Bertz CT molecular complexity index is 540. The van der Waals surface area contributed by atoms with Crippen molar-refractivity contribution in [1.82, 2.24) is 15.0 Å². The van der Waals surface area contributed by atoms with Crippen molar-refractivity contribution < 1.29 is 0 Å². The number of nitrogens with two attached hydrogens (primary N) is 1. The molecule has 2 heterocycles. The second kappa shape index (κ2) is 5.42. The predicted octanol–water partition coefficient (Wildman–Crippen LogP) is 1.39. The SMILES string of the molecule is Cc1cnccc1CNc1ncnc(NN)c1C. The highest BCUT2D eigenvalue weighted by Crippen LogP contribution is 2.18. The summed E-state index contributed by atoms with van der Waals surface area (Å²) < 4.78 is 0. The molecular formula is C12H16N6. The highest BCUT2D eigenvalue weighted by atomic mass is 15.3. The number of pyridine rings is 1. The Morgan fingerprint density at radius 1 is 1.22 bits per heavy atom. The Balaban J connectivity index is 2.14. The van der Waals surface area contributed by atoms with Gasteiger partial charge in [0, 0.05) is 24.5 Å². The van der Waals surface area contributed by atoms with Crippen molar-refractivity contribution in [2.75, 3.05) is 10.7 Å². The summed E-state index contributed by atoms with van der Waals surface area (Å²) in [5, 5.41) is 3.27. The van der Waals surface area contributed by atoms with Gasteiger partial charge in [0.05, 0.1) is 0 Å². The van der Waals surface area contributed by atoms with E-state index in [-0.39, 0.29) is 0 Å². The normalized spacial score (nSPS) is 10.2. The highest BCUT2D eigenvalue weighted by Gasteiger charge is 2.06. The maximum absolute atomic E-state index is 5.37. The van der Waals surface area contributed by atoms with Gasteiger partial charge in [-0.25, -0.2) is 15.8 Å². The van der Waals surface area contributed by atoms with E-state index in [4.69, 9.17) is 5.84 Å². The summed E-state index contributed by atoms with van der Waals surface area (Å²) in [6.45, 7) is 4.64. The van der Waals surface area contributed by atoms with Crippen molar-refractivity contribution in [3.8, 4) is 0 Å². The zero-order valence-corrected chi connectivity index (χ0v) is 10.4. The van der Waals surface area contributed by atoms with Crippen LogP contribution in [0.2, 0.25) is 0 Å². The average molecular weight is 244 g/mol. The lowest BCUT2D eigenvalue weighted by atomic mass is 10.1. The van der Waals surface area contributed by atoms with Gasteiger partial charge in [-0.1, -0.05) is 0 Å². The van der Waals surface area contributed by atoms with Gasteiger partial charge in [-0.05, 0) is 31.0 Å². The maximum Gasteiger partial charge on any atom is 0.148 e. The molecule has 6 heteroatoms. The quantitative estimate of drug-likeness (QED) is 0.556. The van der Waals surface area contributed by atoms with Crippen LogP contribution in [0.4, 0.5) is 11.6 Å². The van der Waals surface area contributed by atoms with Crippen LogP contribution in [0.3, 0.4) is 0 Å². The minimum absolute atomic E-state index is 0.624. The second-order valence-electron chi connectivity index (χ2n) is 4.00. The third-order valence-electron chi connectivity index (χ3n) is 2.80. The first kappa shape index (κ1) is 12.3. The van der Waals surface area contributed by atoms with Crippen LogP contribution in [0.25, 0.3) is 0 Å². The van der Waals surface area contributed by atoms with Crippen molar-refractivity contribution in [3.63, 3.8) is 0 Å². The number of rotatable bonds is 4. The molecule has 0 radical (unpaired) electrons. The summed E-state index contributed by atoms with van der Waals surface area (Å²) in [6.07, 6.45) is 5.10. The van der Waals surface area contributed by atoms with E-state index in [2.05, 4.69) is 25.7 Å². The summed E-state index contributed by atoms with van der Waals surface area (Å²) in [7, 11) is 0. The number of nitrogens with one attached hydrogen (secondary N) is 2. The Morgan fingerprint density at radius 3 is 2.72 bits per heavy atom. The molecule has 0 aliphatic rings. The van der Waals surface area contributed by atoms with E-state index in [9.17, 15) is 0 Å². The number of anilines is 2. The zero-order valence-electron chi connectivity index (χ0n) is 10.4. The smallest absolute Gasteiger partial charge is 0.148 e. The molecule has 2 aromatic heterocycles. The maximum atomic E-state index is 5.37. The summed E-state index contributed by atoms with van der Waals surface area (Å²) in [4.78, 5) is 12.3. The molecule has 2 aromatic rings. The van der Waals surface area contributed by atoms with Crippen LogP contribution >= 0.6 is 0 Å². The average Bonchev–Trinajstić information content (AvgIpc) is 2.39. The number of aryl methyl sites for hydroxylation is 1. The molecule has 0 aromatic carbocycles. The van der Waals surface area contributed by atoms with Crippen LogP contribution in [0.1, 0.15) is 16.7 Å². The first-order valence-corrected chi connectivity index (χ1v) is 5.64. The molecular weight excluding hydrogens is 228 g/mol. The minimum Gasteiger partial charge on any atom is -0.366 e. The fourth-order valence-corrected chi connectivity index (χ4v) is 1.65. The molecule has 0 aliphatic carbocycles. The van der Waals surface area contributed by atoms with E-state index >= 15 is 0 Å². The van der Waals surface area contributed by atoms with Crippen molar-refractivity contribution in [2.45, 2.75) is 20.4 Å². The molecule has 0 saturated heterocycles. The molecule has 0 bridgehead atoms. The van der Waals surface area contributed by atoms with Gasteiger partial charge in [0.25, 0.3) is 0 Å². The third kappa shape index (κ3) is 2.54. The molecule has 0 saturated carbocycles. The van der Waals surface area contributed by atoms with Gasteiger partial charge >= 0.3 is 0 Å². The number of aromatic nitrogens is 3. The van der Waals surface area contributed by atoms with Gasteiger partial charge in [0.15, 0.2) is 0 Å². The summed E-state index contributed by atoms with van der Waals surface area (Å²) in [5.74, 6) is 6.77. The van der Waals surface area contributed by atoms with Gasteiger partial charge in [0.2, 0.25) is 0 Å². The monoisotopic (exact) mass is 244 g/mol. The Hall–Kier alpha value is -2.21. The minimum atomic E-state index is 0.624. The molecule has 2 rings (SSSR count). The van der Waals surface area contributed by atoms with E-state index in [0.717, 1.165) is 16.9 Å². The van der Waals surface area contributed by atoms with Gasteiger partial charge in [0.1, 0.15) is 18.0 Å². The molecule has 0 amide bonds. The highest BCUT2D eigenvalue weighted by molar-refractivity contribution is 5.55. The number of hydrogen-bond acceptors (Lipinski definition) is 6. The summed E-state index contributed by atoms with van der Waals surface area (Å²) in [6, 6.07) is 1.99. The standard InChI is InChI=1S/C12H16N6/c1-8-5-14-4-3-10(8)6-15-11-9(2)12(18-13)17-7-16-11/h3-5,7H,6,13H2,1-2H3,(H2,15,16,17,18). The van der Waals surface area contributed by atoms with Gasteiger partial charge in [-0.2, -0.15) is 0 Å². The lowest BCUT2D eigenvalue weighted by Crippen LogP contribution is -2.12. The van der Waals surface area contributed by atoms with E-state index in [1.54, 1.807) is 6.20 Å². The first-order valence-electron chi connectivity index (χ1n) is 5.64. The fourth-order valence-electron chi connectivity index (χ4n) is 1.65. The Morgan fingerprint density at radius 2 is 2.00 bits per heavy atom. The van der Waals surface area contributed by atoms with Gasteiger partial charge in [-0.3, -0.25) is 4.98 Å². The van der Waals surface area contributed by atoms with E-state index in [1.165, 1.54) is 11.9 Å². The lowest BCUT2D eigenvalue weighted by molar-refractivity contribution is 1.03. The third-order valence-corrected chi connectivity index (χ3v) is 2.80. The molecule has 94 valence electrons. The fraction of sp³-hybridized carbons (Fsp3) is 0.250. The van der Waals surface area contributed by atoms with E-state index < -0.39 is 0 Å². The first-order chi connectivity index (χ1) is 8.72. The van der Waals surface area contributed by atoms with E-state index in [1.807, 2.05) is 26.1 Å². The number of hydrogen-bond donors (Lipinski definition) is 3. The second-order valence-corrected chi connectivity index (χ2v) is 4.00. The van der Waals surface area contributed by atoms with Crippen molar-refractivity contribution in [1.29, 1.82) is 0 Å². The van der Waals surface area contributed by atoms with Gasteiger partial charge < -0.3 is 10.7 Å². The molecule has 0 unspecified atom stereocenters. The zero-order chi connectivity index (χ0) is 13.0. The van der Waals surface area contributed by atoms with Crippen LogP contribution in [-0.4, -0.2) is 15.0 Å². The summed E-state index contributed by atoms with van der Waals surface area (Å²) in [5.41, 5.74) is 5.77. The van der Waals surface area contributed by atoms with Crippen molar-refractivity contribution >= 4 is 11.6 Å². The topological polar surface area (TPSA) is 88.8 Å². The Kier molecular flexibility index (Phi) is 3.69. The van der Waals surface area contributed by atoms with Crippen LogP contribution in [0, 0.1) is 13.8 Å². The van der Waals surface area contributed by atoms with Crippen molar-refractivity contribution in [2.24, 2.45) is 5.84 Å². The van der Waals surface area contributed by atoms with Crippen LogP contribution < -0.4 is 16.6 Å². The van der Waals surface area contributed by atoms with Crippen LogP contribution in [0.5, 0.6) is 0 Å². The lowest BCUT2D eigenvalue weighted by Gasteiger charge is -2.11. The molecule has 0 spiro atoms. The largest absolute Gasteiger partial charge is 0.366 e. The van der Waals surface area contributed by atoms with E-state index in [0.29, 0.717) is 12.4 Å². The molecule has 0 aliphatic heterocycles. The van der Waals surface area contributed by atoms with Gasteiger partial charge in [-0.15, -0.1) is 0 Å². The molecule has 0 fully saturated rings. The molecule has 18 heavy (non-hydrogen) atoms. The number of nitrogens with zero attached hydrogens (tertiary/aromatic N) is 3. The summed E-state index contributed by atoms with van der Waals surface area (Å²) >= 11 is 0. The molecule has 4 N–H and O–H groups in total. The van der Waals surface area contributed by atoms with Crippen molar-refractivity contribution in [3.05, 3.63) is 41.5 Å². The number of hydrazine groups is 1. The van der Waals surface area contributed by atoms with Crippen LogP contribution in [-0.2, 0) is 6.54 Å². The molecule has 6 nitrogen and oxygen atoms in total.